The van der Waals surface area contributed by atoms with Crippen LogP contribution in [0.1, 0.15) is 37.7 Å². The topological polar surface area (TPSA) is 26.0 Å². The fourth-order valence-electron chi connectivity index (χ4n) is 2.42. The van der Waals surface area contributed by atoms with E-state index in [9.17, 15) is 4.39 Å². The first-order valence-electron chi connectivity index (χ1n) is 5.47. The lowest BCUT2D eigenvalue weighted by molar-refractivity contribution is 0.292. The third-order valence-electron chi connectivity index (χ3n) is 3.29. The first kappa shape index (κ1) is 12.3. The quantitative estimate of drug-likeness (QED) is 0.767. The SMILES string of the molecule is NC1(c2c(Cl)ccc(Br)c2F)CCCCC1. The minimum absolute atomic E-state index is 0.308. The van der Waals surface area contributed by atoms with Gasteiger partial charge >= 0.3 is 0 Å². The third kappa shape index (κ3) is 2.13. The smallest absolute Gasteiger partial charge is 0.143 e. The van der Waals surface area contributed by atoms with E-state index in [1.165, 1.54) is 6.42 Å². The van der Waals surface area contributed by atoms with E-state index in [-0.39, 0.29) is 5.82 Å². The van der Waals surface area contributed by atoms with Gasteiger partial charge in [-0.3, -0.25) is 0 Å². The summed E-state index contributed by atoms with van der Waals surface area (Å²) in [7, 11) is 0. The fraction of sp³-hybridized carbons (Fsp3) is 0.500. The highest BCUT2D eigenvalue weighted by atomic mass is 79.9. The van der Waals surface area contributed by atoms with E-state index in [0.29, 0.717) is 15.1 Å². The van der Waals surface area contributed by atoms with Gasteiger partial charge in [-0.15, -0.1) is 0 Å². The number of rotatable bonds is 1. The van der Waals surface area contributed by atoms with Crippen molar-refractivity contribution in [3.05, 3.63) is 33.0 Å². The lowest BCUT2D eigenvalue weighted by atomic mass is 9.77. The molecule has 0 bridgehead atoms. The Hall–Kier alpha value is -0.120. The summed E-state index contributed by atoms with van der Waals surface area (Å²) < 4.78 is 14.5. The highest BCUT2D eigenvalue weighted by Crippen LogP contribution is 2.41. The maximum absolute atomic E-state index is 14.1. The van der Waals surface area contributed by atoms with Gasteiger partial charge in [0.2, 0.25) is 0 Å². The van der Waals surface area contributed by atoms with Crippen molar-refractivity contribution in [3.8, 4) is 0 Å². The molecule has 1 nitrogen and oxygen atoms in total. The molecule has 2 N–H and O–H groups in total. The third-order valence-corrected chi connectivity index (χ3v) is 4.22. The van der Waals surface area contributed by atoms with Gasteiger partial charge in [-0.2, -0.15) is 0 Å². The summed E-state index contributed by atoms with van der Waals surface area (Å²) in [5, 5.41) is 0.435. The molecule has 0 radical (unpaired) electrons. The van der Waals surface area contributed by atoms with Gasteiger partial charge in [-0.1, -0.05) is 30.9 Å². The second kappa shape index (κ2) is 4.63. The maximum atomic E-state index is 14.1. The molecule has 16 heavy (non-hydrogen) atoms. The van der Waals surface area contributed by atoms with Gasteiger partial charge in [0.25, 0.3) is 0 Å². The van der Waals surface area contributed by atoms with Gasteiger partial charge in [0, 0.05) is 16.1 Å². The monoisotopic (exact) mass is 305 g/mol. The van der Waals surface area contributed by atoms with Crippen LogP contribution in [0.3, 0.4) is 0 Å². The van der Waals surface area contributed by atoms with Crippen LogP contribution in [0.5, 0.6) is 0 Å². The Balaban J connectivity index is 2.49. The first-order chi connectivity index (χ1) is 7.54. The molecule has 1 saturated carbocycles. The maximum Gasteiger partial charge on any atom is 0.143 e. The molecule has 4 heteroatoms. The van der Waals surface area contributed by atoms with Gasteiger partial charge in [0.1, 0.15) is 5.82 Å². The minimum atomic E-state index is -0.594. The Bertz CT molecular complexity index is 402. The molecule has 0 aromatic heterocycles. The Morgan fingerprint density at radius 3 is 2.50 bits per heavy atom. The zero-order chi connectivity index (χ0) is 11.8. The molecule has 0 spiro atoms. The average molecular weight is 307 g/mol. The molecule has 1 aliphatic rings. The van der Waals surface area contributed by atoms with Crippen LogP contribution in [0.15, 0.2) is 16.6 Å². The van der Waals surface area contributed by atoms with Crippen LogP contribution in [0.4, 0.5) is 4.39 Å². The lowest BCUT2D eigenvalue weighted by Gasteiger charge is -2.35. The van der Waals surface area contributed by atoms with E-state index >= 15 is 0 Å². The Morgan fingerprint density at radius 2 is 1.88 bits per heavy atom. The zero-order valence-corrected chi connectivity index (χ0v) is 11.2. The summed E-state index contributed by atoms with van der Waals surface area (Å²) >= 11 is 9.27. The number of halogens is 3. The van der Waals surface area contributed by atoms with Crippen LogP contribution in [0, 0.1) is 5.82 Å². The van der Waals surface area contributed by atoms with E-state index in [1.54, 1.807) is 12.1 Å². The second-order valence-electron chi connectivity index (χ2n) is 4.43. The molecule has 0 heterocycles. The number of nitrogens with two attached hydrogens (primary N) is 1. The average Bonchev–Trinajstić information content (AvgIpc) is 2.25. The zero-order valence-electron chi connectivity index (χ0n) is 8.90. The minimum Gasteiger partial charge on any atom is -0.321 e. The van der Waals surface area contributed by atoms with Crippen molar-refractivity contribution in [3.63, 3.8) is 0 Å². The van der Waals surface area contributed by atoms with E-state index < -0.39 is 5.54 Å². The summed E-state index contributed by atoms with van der Waals surface area (Å²) in [5.74, 6) is -0.308. The molecule has 0 unspecified atom stereocenters. The van der Waals surface area contributed by atoms with Crippen LogP contribution in [-0.4, -0.2) is 0 Å². The van der Waals surface area contributed by atoms with Crippen LogP contribution in [0.2, 0.25) is 5.02 Å². The van der Waals surface area contributed by atoms with Crippen molar-refractivity contribution in [2.24, 2.45) is 5.73 Å². The highest BCUT2D eigenvalue weighted by Gasteiger charge is 2.34. The van der Waals surface area contributed by atoms with Crippen LogP contribution >= 0.6 is 27.5 Å². The van der Waals surface area contributed by atoms with Gasteiger partial charge in [-0.05, 0) is 40.9 Å². The van der Waals surface area contributed by atoms with E-state index in [2.05, 4.69) is 15.9 Å². The molecule has 1 aromatic rings. The molecule has 1 fully saturated rings. The molecule has 0 aliphatic heterocycles. The van der Waals surface area contributed by atoms with Crippen molar-refractivity contribution >= 4 is 27.5 Å². The first-order valence-corrected chi connectivity index (χ1v) is 6.64. The molecule has 0 atom stereocenters. The summed E-state index contributed by atoms with van der Waals surface area (Å²) in [6.07, 6.45) is 4.87. The van der Waals surface area contributed by atoms with Crippen molar-refractivity contribution < 1.29 is 4.39 Å². The highest BCUT2D eigenvalue weighted by molar-refractivity contribution is 9.10. The number of hydrogen-bond acceptors (Lipinski definition) is 1. The second-order valence-corrected chi connectivity index (χ2v) is 5.70. The molecule has 2 rings (SSSR count). The predicted molar refractivity (Wildman–Crippen MR) is 68.1 cm³/mol. The van der Waals surface area contributed by atoms with Crippen molar-refractivity contribution in [2.75, 3.05) is 0 Å². The molecule has 1 aromatic carbocycles. The summed E-state index contributed by atoms with van der Waals surface area (Å²) in [4.78, 5) is 0. The molecule has 0 saturated heterocycles. The van der Waals surface area contributed by atoms with Crippen LogP contribution < -0.4 is 5.73 Å². The Kier molecular flexibility index (Phi) is 3.57. The van der Waals surface area contributed by atoms with E-state index in [0.717, 1.165) is 25.7 Å². The normalized spacial score (nSPS) is 19.8. The summed E-state index contributed by atoms with van der Waals surface area (Å²) in [6.45, 7) is 0. The van der Waals surface area contributed by atoms with Gasteiger partial charge in [0.15, 0.2) is 0 Å². The van der Waals surface area contributed by atoms with E-state index in [4.69, 9.17) is 17.3 Å². The molecular formula is C12H14BrClFN. The standard InChI is InChI=1S/C12H14BrClFN/c13-8-4-5-9(14)10(11(8)15)12(16)6-2-1-3-7-12/h4-5H,1-3,6-7,16H2. The number of hydrogen-bond donors (Lipinski definition) is 1. The molecular weight excluding hydrogens is 292 g/mol. The fourth-order valence-corrected chi connectivity index (χ4v) is 3.08. The largest absolute Gasteiger partial charge is 0.321 e. The Morgan fingerprint density at radius 1 is 1.25 bits per heavy atom. The number of benzene rings is 1. The Labute approximate surface area is 108 Å². The van der Waals surface area contributed by atoms with Gasteiger partial charge in [0.05, 0.1) is 4.47 Å². The van der Waals surface area contributed by atoms with Crippen molar-refractivity contribution in [1.29, 1.82) is 0 Å². The lowest BCUT2D eigenvalue weighted by Crippen LogP contribution is -2.39. The summed E-state index contributed by atoms with van der Waals surface area (Å²) in [5.41, 5.74) is 6.19. The molecule has 0 amide bonds. The molecule has 1 aliphatic carbocycles. The summed E-state index contributed by atoms with van der Waals surface area (Å²) in [6, 6.07) is 3.32. The van der Waals surface area contributed by atoms with Gasteiger partial charge < -0.3 is 5.73 Å². The molecule has 88 valence electrons. The van der Waals surface area contributed by atoms with Crippen molar-refractivity contribution in [1.82, 2.24) is 0 Å². The van der Waals surface area contributed by atoms with Crippen LogP contribution in [-0.2, 0) is 5.54 Å². The van der Waals surface area contributed by atoms with Gasteiger partial charge in [-0.25, -0.2) is 4.39 Å². The van der Waals surface area contributed by atoms with Crippen LogP contribution in [0.25, 0.3) is 0 Å². The van der Waals surface area contributed by atoms with Crippen molar-refractivity contribution in [2.45, 2.75) is 37.6 Å². The predicted octanol–water partition coefficient (Wildman–Crippen LogP) is 4.36. The van der Waals surface area contributed by atoms with E-state index in [1.807, 2.05) is 0 Å².